The molecule has 7 heteroatoms. The number of anilines is 1. The number of fused-ring (bicyclic) bond motifs is 1. The molecule has 3 rings (SSSR count). The normalized spacial score (nSPS) is 14.8. The summed E-state index contributed by atoms with van der Waals surface area (Å²) in [5.74, 6) is -0.815. The van der Waals surface area contributed by atoms with Crippen LogP contribution in [0.1, 0.15) is 28.4 Å². The van der Waals surface area contributed by atoms with E-state index in [9.17, 15) is 17.6 Å². The summed E-state index contributed by atoms with van der Waals surface area (Å²) in [4.78, 5) is 12.2. The number of benzene rings is 2. The van der Waals surface area contributed by atoms with Crippen molar-refractivity contribution in [2.75, 3.05) is 17.6 Å². The molecule has 1 heterocycles. The Balaban J connectivity index is 1.79. The maximum absolute atomic E-state index is 13.2. The zero-order chi connectivity index (χ0) is 18.0. The van der Waals surface area contributed by atoms with Crippen LogP contribution in [0, 0.1) is 5.82 Å². The van der Waals surface area contributed by atoms with E-state index in [1.54, 1.807) is 19.1 Å². The summed E-state index contributed by atoms with van der Waals surface area (Å²) in [6.07, 6.45) is 0.646. The highest BCUT2D eigenvalue weighted by Crippen LogP contribution is 2.25. The topological polar surface area (TPSA) is 66.5 Å². The lowest BCUT2D eigenvalue weighted by molar-refractivity contribution is 0.102. The van der Waals surface area contributed by atoms with Crippen LogP contribution >= 0.6 is 0 Å². The standard InChI is InChI=1S/C18H19FN2O3S/c1-2-25(23,24)21-9-8-13-6-7-17(11-15(13)12-21)20-18(22)14-4-3-5-16(19)10-14/h3-7,10-11H,2,8-9,12H2,1H3,(H,20,22). The van der Waals surface area contributed by atoms with E-state index in [0.29, 0.717) is 25.2 Å². The summed E-state index contributed by atoms with van der Waals surface area (Å²) < 4.78 is 38.8. The summed E-state index contributed by atoms with van der Waals surface area (Å²) in [5, 5.41) is 2.73. The Labute approximate surface area is 146 Å². The first-order valence-corrected chi connectivity index (χ1v) is 9.66. The first kappa shape index (κ1) is 17.6. The molecule has 0 atom stereocenters. The molecular weight excluding hydrogens is 343 g/mol. The van der Waals surface area contributed by atoms with E-state index >= 15 is 0 Å². The summed E-state index contributed by atoms with van der Waals surface area (Å²) in [6.45, 7) is 2.40. The molecule has 0 aliphatic carbocycles. The van der Waals surface area contributed by atoms with Crippen molar-refractivity contribution in [1.82, 2.24) is 4.31 Å². The lowest BCUT2D eigenvalue weighted by Crippen LogP contribution is -2.36. The number of carbonyl (C=O) groups is 1. The van der Waals surface area contributed by atoms with Crippen LogP contribution in [-0.2, 0) is 23.0 Å². The number of sulfonamides is 1. The number of hydrogen-bond acceptors (Lipinski definition) is 3. The second kappa shape index (κ2) is 6.93. The van der Waals surface area contributed by atoms with Gasteiger partial charge in [-0.2, -0.15) is 4.31 Å². The summed E-state index contributed by atoms with van der Waals surface area (Å²) in [5.41, 5.74) is 2.74. The Morgan fingerprint density at radius 3 is 2.72 bits per heavy atom. The molecule has 0 radical (unpaired) electrons. The number of amides is 1. The van der Waals surface area contributed by atoms with Gasteiger partial charge in [-0.25, -0.2) is 12.8 Å². The van der Waals surface area contributed by atoms with Crippen LogP contribution in [0.3, 0.4) is 0 Å². The molecule has 132 valence electrons. The fourth-order valence-corrected chi connectivity index (χ4v) is 3.93. The van der Waals surface area contributed by atoms with Gasteiger partial charge in [-0.1, -0.05) is 12.1 Å². The number of nitrogens with one attached hydrogen (secondary N) is 1. The first-order valence-electron chi connectivity index (χ1n) is 8.05. The van der Waals surface area contributed by atoms with Crippen molar-refractivity contribution in [1.29, 1.82) is 0 Å². The highest BCUT2D eigenvalue weighted by atomic mass is 32.2. The van der Waals surface area contributed by atoms with Crippen LogP contribution in [0.5, 0.6) is 0 Å². The second-order valence-corrected chi connectivity index (χ2v) is 8.19. The first-order chi connectivity index (χ1) is 11.9. The fourth-order valence-electron chi connectivity index (χ4n) is 2.86. The van der Waals surface area contributed by atoms with E-state index in [-0.39, 0.29) is 11.3 Å². The van der Waals surface area contributed by atoms with E-state index in [0.717, 1.165) is 11.1 Å². The molecule has 0 fully saturated rings. The largest absolute Gasteiger partial charge is 0.322 e. The summed E-state index contributed by atoms with van der Waals surface area (Å²) in [7, 11) is -3.24. The van der Waals surface area contributed by atoms with Crippen molar-refractivity contribution < 1.29 is 17.6 Å². The molecule has 0 saturated carbocycles. The van der Waals surface area contributed by atoms with Crippen LogP contribution < -0.4 is 5.32 Å². The second-order valence-electron chi connectivity index (χ2n) is 5.93. The maximum atomic E-state index is 13.2. The van der Waals surface area contributed by atoms with Gasteiger partial charge in [-0.15, -0.1) is 0 Å². The van der Waals surface area contributed by atoms with Gasteiger partial charge in [0.25, 0.3) is 5.91 Å². The Morgan fingerprint density at radius 2 is 2.00 bits per heavy atom. The van der Waals surface area contributed by atoms with Crippen LogP contribution in [0.25, 0.3) is 0 Å². The predicted molar refractivity (Wildman–Crippen MR) is 94.4 cm³/mol. The molecule has 0 bridgehead atoms. The van der Waals surface area contributed by atoms with Gasteiger partial charge in [0.15, 0.2) is 0 Å². The van der Waals surface area contributed by atoms with Gasteiger partial charge in [-0.05, 0) is 54.8 Å². The lowest BCUT2D eigenvalue weighted by Gasteiger charge is -2.28. The number of halogens is 1. The zero-order valence-electron chi connectivity index (χ0n) is 13.8. The smallest absolute Gasteiger partial charge is 0.255 e. The van der Waals surface area contributed by atoms with E-state index in [4.69, 9.17) is 0 Å². The lowest BCUT2D eigenvalue weighted by atomic mass is 10.0. The van der Waals surface area contributed by atoms with E-state index in [2.05, 4.69) is 5.32 Å². The minimum absolute atomic E-state index is 0.0678. The van der Waals surface area contributed by atoms with Crippen LogP contribution in [-0.4, -0.2) is 30.9 Å². The van der Waals surface area contributed by atoms with Crippen molar-refractivity contribution in [3.63, 3.8) is 0 Å². The average Bonchev–Trinajstić information content (AvgIpc) is 2.61. The Hall–Kier alpha value is -2.25. The van der Waals surface area contributed by atoms with Gasteiger partial charge >= 0.3 is 0 Å². The molecule has 1 aliphatic rings. The van der Waals surface area contributed by atoms with E-state index in [1.165, 1.54) is 28.6 Å². The monoisotopic (exact) mass is 362 g/mol. The molecule has 5 nitrogen and oxygen atoms in total. The van der Waals surface area contributed by atoms with Gasteiger partial charge in [0.2, 0.25) is 10.0 Å². The molecule has 0 unspecified atom stereocenters. The van der Waals surface area contributed by atoms with Gasteiger partial charge in [0.1, 0.15) is 5.82 Å². The predicted octanol–water partition coefficient (Wildman–Crippen LogP) is 2.79. The molecule has 1 N–H and O–H groups in total. The fraction of sp³-hybridized carbons (Fsp3) is 0.278. The van der Waals surface area contributed by atoms with Crippen LogP contribution in [0.15, 0.2) is 42.5 Å². The molecule has 0 spiro atoms. The van der Waals surface area contributed by atoms with E-state index < -0.39 is 21.7 Å². The van der Waals surface area contributed by atoms with Crippen LogP contribution in [0.2, 0.25) is 0 Å². The quantitative estimate of drug-likeness (QED) is 0.909. The molecule has 0 saturated heterocycles. The third-order valence-electron chi connectivity index (χ3n) is 4.29. The Bertz CT molecular complexity index is 912. The van der Waals surface area contributed by atoms with Crippen molar-refractivity contribution in [2.45, 2.75) is 19.9 Å². The van der Waals surface area contributed by atoms with E-state index in [1.807, 2.05) is 6.07 Å². The van der Waals surface area contributed by atoms with Crippen LogP contribution in [0.4, 0.5) is 10.1 Å². The third kappa shape index (κ3) is 3.88. The zero-order valence-corrected chi connectivity index (χ0v) is 14.6. The van der Waals surface area contributed by atoms with Crippen molar-refractivity contribution in [2.24, 2.45) is 0 Å². The molecule has 1 aliphatic heterocycles. The van der Waals surface area contributed by atoms with Gasteiger partial charge < -0.3 is 5.32 Å². The minimum atomic E-state index is -3.24. The molecule has 25 heavy (non-hydrogen) atoms. The number of rotatable bonds is 4. The average molecular weight is 362 g/mol. The molecule has 2 aromatic rings. The number of nitrogens with zero attached hydrogens (tertiary/aromatic N) is 1. The highest BCUT2D eigenvalue weighted by molar-refractivity contribution is 7.89. The maximum Gasteiger partial charge on any atom is 0.255 e. The number of carbonyl (C=O) groups excluding carboxylic acids is 1. The Morgan fingerprint density at radius 1 is 1.20 bits per heavy atom. The summed E-state index contributed by atoms with van der Waals surface area (Å²) in [6, 6.07) is 10.9. The molecule has 0 aromatic heterocycles. The van der Waals surface area contributed by atoms with Crippen molar-refractivity contribution >= 4 is 21.6 Å². The SMILES string of the molecule is CCS(=O)(=O)N1CCc2ccc(NC(=O)c3cccc(F)c3)cc2C1. The third-order valence-corrected chi connectivity index (χ3v) is 6.11. The summed E-state index contributed by atoms with van der Waals surface area (Å²) >= 11 is 0. The van der Waals surface area contributed by atoms with Crippen molar-refractivity contribution in [3.05, 3.63) is 65.0 Å². The van der Waals surface area contributed by atoms with Crippen molar-refractivity contribution in [3.8, 4) is 0 Å². The molecular formula is C18H19FN2O3S. The van der Waals surface area contributed by atoms with Gasteiger partial charge in [0.05, 0.1) is 5.75 Å². The number of hydrogen-bond donors (Lipinski definition) is 1. The Kier molecular flexibility index (Phi) is 4.87. The highest BCUT2D eigenvalue weighted by Gasteiger charge is 2.25. The molecule has 2 aromatic carbocycles. The minimum Gasteiger partial charge on any atom is -0.322 e. The molecule has 1 amide bonds. The van der Waals surface area contributed by atoms with Gasteiger partial charge in [0, 0.05) is 24.3 Å². The van der Waals surface area contributed by atoms with Gasteiger partial charge in [-0.3, -0.25) is 4.79 Å².